The molecule has 80 valence electrons. The van der Waals surface area contributed by atoms with Crippen LogP contribution in [0.2, 0.25) is 0 Å². The summed E-state index contributed by atoms with van der Waals surface area (Å²) in [7, 11) is -1.64. The lowest BCUT2D eigenvalue weighted by atomic mass is 10.5. The average molecular weight is 218 g/mol. The first kappa shape index (κ1) is 11.2. The van der Waals surface area contributed by atoms with Gasteiger partial charge in [0.1, 0.15) is 0 Å². The SMILES string of the molecule is Cn1ccc(S(=O)(=O)NCCCO)c1. The summed E-state index contributed by atoms with van der Waals surface area (Å²) in [6, 6.07) is 1.53. The van der Waals surface area contributed by atoms with E-state index in [2.05, 4.69) is 4.72 Å². The second-order valence-corrected chi connectivity index (χ2v) is 4.75. The van der Waals surface area contributed by atoms with Crippen LogP contribution in [0.4, 0.5) is 0 Å². The Balaban J connectivity index is 2.66. The minimum atomic E-state index is -3.39. The van der Waals surface area contributed by atoms with E-state index in [0.29, 0.717) is 6.42 Å². The fourth-order valence-electron chi connectivity index (χ4n) is 1.01. The minimum Gasteiger partial charge on any atom is -0.396 e. The summed E-state index contributed by atoms with van der Waals surface area (Å²) in [5.74, 6) is 0. The van der Waals surface area contributed by atoms with E-state index in [1.165, 1.54) is 12.3 Å². The van der Waals surface area contributed by atoms with Crippen LogP contribution in [0.1, 0.15) is 6.42 Å². The molecule has 0 saturated heterocycles. The van der Waals surface area contributed by atoms with Gasteiger partial charge in [0.25, 0.3) is 0 Å². The van der Waals surface area contributed by atoms with Gasteiger partial charge in [-0.2, -0.15) is 0 Å². The highest BCUT2D eigenvalue weighted by molar-refractivity contribution is 7.89. The second kappa shape index (κ2) is 4.59. The Labute approximate surface area is 83.4 Å². The van der Waals surface area contributed by atoms with Gasteiger partial charge in [-0.25, -0.2) is 13.1 Å². The molecule has 1 rings (SSSR count). The summed E-state index contributed by atoms with van der Waals surface area (Å²) in [5.41, 5.74) is 0. The fraction of sp³-hybridized carbons (Fsp3) is 0.500. The lowest BCUT2D eigenvalue weighted by Gasteiger charge is -2.02. The molecule has 1 heterocycles. The van der Waals surface area contributed by atoms with E-state index < -0.39 is 10.0 Å². The zero-order chi connectivity index (χ0) is 10.6. The van der Waals surface area contributed by atoms with Crippen LogP contribution in [0.3, 0.4) is 0 Å². The standard InChI is InChI=1S/C8H14N2O3S/c1-10-5-3-8(7-10)14(12,13)9-4-2-6-11/h3,5,7,9,11H,2,4,6H2,1H3. The average Bonchev–Trinajstić information content (AvgIpc) is 2.53. The number of sulfonamides is 1. The van der Waals surface area contributed by atoms with E-state index in [1.807, 2.05) is 0 Å². The molecule has 1 aromatic rings. The molecule has 0 atom stereocenters. The largest absolute Gasteiger partial charge is 0.396 e. The summed E-state index contributed by atoms with van der Waals surface area (Å²) in [5, 5.41) is 8.50. The van der Waals surface area contributed by atoms with Gasteiger partial charge in [-0.15, -0.1) is 0 Å². The van der Waals surface area contributed by atoms with Gasteiger partial charge in [-0.05, 0) is 12.5 Å². The lowest BCUT2D eigenvalue weighted by molar-refractivity contribution is 0.289. The highest BCUT2D eigenvalue weighted by Crippen LogP contribution is 2.07. The Hall–Kier alpha value is -0.850. The molecule has 0 aromatic carbocycles. The van der Waals surface area contributed by atoms with Crippen molar-refractivity contribution in [3.8, 4) is 0 Å². The van der Waals surface area contributed by atoms with E-state index in [9.17, 15) is 8.42 Å². The zero-order valence-electron chi connectivity index (χ0n) is 7.97. The topological polar surface area (TPSA) is 71.3 Å². The van der Waals surface area contributed by atoms with Gasteiger partial charge >= 0.3 is 0 Å². The molecule has 0 unspecified atom stereocenters. The quantitative estimate of drug-likeness (QED) is 0.666. The molecule has 0 bridgehead atoms. The van der Waals surface area contributed by atoms with Gasteiger partial charge in [0, 0.05) is 32.6 Å². The maximum atomic E-state index is 11.5. The Kier molecular flexibility index (Phi) is 3.68. The van der Waals surface area contributed by atoms with Gasteiger partial charge in [0.2, 0.25) is 10.0 Å². The summed E-state index contributed by atoms with van der Waals surface area (Å²) >= 11 is 0. The molecular weight excluding hydrogens is 204 g/mol. The number of rotatable bonds is 5. The highest BCUT2D eigenvalue weighted by atomic mass is 32.2. The van der Waals surface area contributed by atoms with Crippen LogP contribution in [0, 0.1) is 0 Å². The van der Waals surface area contributed by atoms with Gasteiger partial charge in [-0.1, -0.05) is 0 Å². The molecule has 14 heavy (non-hydrogen) atoms. The second-order valence-electron chi connectivity index (χ2n) is 2.99. The van der Waals surface area contributed by atoms with E-state index in [4.69, 9.17) is 5.11 Å². The maximum Gasteiger partial charge on any atom is 0.242 e. The summed E-state index contributed by atoms with van der Waals surface area (Å²) < 4.78 is 27.1. The Morgan fingerprint density at radius 1 is 1.57 bits per heavy atom. The highest BCUT2D eigenvalue weighted by Gasteiger charge is 2.13. The van der Waals surface area contributed by atoms with Crippen LogP contribution in [0.5, 0.6) is 0 Å². The zero-order valence-corrected chi connectivity index (χ0v) is 8.79. The molecule has 0 aliphatic heterocycles. The molecule has 1 aromatic heterocycles. The number of nitrogens with zero attached hydrogens (tertiary/aromatic N) is 1. The van der Waals surface area contributed by atoms with Crippen LogP contribution < -0.4 is 4.72 Å². The predicted octanol–water partition coefficient (Wildman–Crippen LogP) is -0.314. The van der Waals surface area contributed by atoms with Crippen molar-refractivity contribution in [2.24, 2.45) is 7.05 Å². The van der Waals surface area contributed by atoms with Gasteiger partial charge in [0.05, 0.1) is 4.90 Å². The minimum absolute atomic E-state index is 0.0166. The van der Waals surface area contributed by atoms with Crippen LogP contribution in [0.25, 0.3) is 0 Å². The Morgan fingerprint density at radius 2 is 2.29 bits per heavy atom. The first-order valence-electron chi connectivity index (χ1n) is 4.29. The first-order chi connectivity index (χ1) is 6.56. The first-order valence-corrected chi connectivity index (χ1v) is 5.77. The number of hydrogen-bond acceptors (Lipinski definition) is 3. The number of hydrogen-bond donors (Lipinski definition) is 2. The lowest BCUT2D eigenvalue weighted by Crippen LogP contribution is -2.25. The van der Waals surface area contributed by atoms with Gasteiger partial charge < -0.3 is 9.67 Å². The predicted molar refractivity (Wildman–Crippen MR) is 52.3 cm³/mol. The third-order valence-electron chi connectivity index (χ3n) is 1.74. The molecule has 6 heteroatoms. The fourth-order valence-corrected chi connectivity index (χ4v) is 2.13. The number of aliphatic hydroxyl groups is 1. The van der Waals surface area contributed by atoms with Crippen molar-refractivity contribution < 1.29 is 13.5 Å². The molecule has 0 saturated carbocycles. The van der Waals surface area contributed by atoms with E-state index in [0.717, 1.165) is 0 Å². The van der Waals surface area contributed by atoms with Crippen molar-refractivity contribution in [2.75, 3.05) is 13.2 Å². The number of aliphatic hydroxyl groups excluding tert-OH is 1. The van der Waals surface area contributed by atoms with E-state index in [-0.39, 0.29) is 18.0 Å². The van der Waals surface area contributed by atoms with Crippen LogP contribution in [-0.4, -0.2) is 31.2 Å². The molecule has 2 N–H and O–H groups in total. The van der Waals surface area contributed by atoms with Crippen molar-refractivity contribution in [1.82, 2.24) is 9.29 Å². The number of nitrogens with one attached hydrogen (secondary N) is 1. The van der Waals surface area contributed by atoms with Crippen molar-refractivity contribution >= 4 is 10.0 Å². The molecular formula is C8H14N2O3S. The molecule has 5 nitrogen and oxygen atoms in total. The normalized spacial score (nSPS) is 11.9. The monoisotopic (exact) mass is 218 g/mol. The summed E-state index contributed by atoms with van der Waals surface area (Å²) in [6.45, 7) is 0.241. The van der Waals surface area contributed by atoms with Crippen molar-refractivity contribution in [3.05, 3.63) is 18.5 Å². The molecule has 0 spiro atoms. The van der Waals surface area contributed by atoms with Gasteiger partial charge in [-0.3, -0.25) is 0 Å². The summed E-state index contributed by atoms with van der Waals surface area (Å²) in [6.07, 6.45) is 3.62. The third kappa shape index (κ3) is 2.83. The molecule has 0 radical (unpaired) electrons. The number of aryl methyl sites for hydroxylation is 1. The van der Waals surface area contributed by atoms with Crippen molar-refractivity contribution in [2.45, 2.75) is 11.3 Å². The van der Waals surface area contributed by atoms with Crippen LogP contribution in [0.15, 0.2) is 23.4 Å². The molecule has 0 fully saturated rings. The van der Waals surface area contributed by atoms with E-state index >= 15 is 0 Å². The van der Waals surface area contributed by atoms with Crippen molar-refractivity contribution in [1.29, 1.82) is 0 Å². The smallest absolute Gasteiger partial charge is 0.242 e. The van der Waals surface area contributed by atoms with Crippen LogP contribution in [-0.2, 0) is 17.1 Å². The Bertz CT molecular complexity index is 383. The van der Waals surface area contributed by atoms with Gasteiger partial charge in [0.15, 0.2) is 0 Å². The third-order valence-corrected chi connectivity index (χ3v) is 3.19. The molecule has 0 aliphatic carbocycles. The summed E-state index contributed by atoms with van der Waals surface area (Å²) in [4.78, 5) is 0.248. The maximum absolute atomic E-state index is 11.5. The van der Waals surface area contributed by atoms with E-state index in [1.54, 1.807) is 17.8 Å². The Morgan fingerprint density at radius 3 is 2.79 bits per heavy atom. The van der Waals surface area contributed by atoms with Crippen LogP contribution >= 0.6 is 0 Å². The van der Waals surface area contributed by atoms with Crippen molar-refractivity contribution in [3.63, 3.8) is 0 Å². The molecule has 0 aliphatic rings. The molecule has 0 amide bonds. The number of aromatic nitrogens is 1.